The number of rotatable bonds is 7. The van der Waals surface area contributed by atoms with E-state index in [1.54, 1.807) is 36.3 Å². The Hall–Kier alpha value is -2.76. The molecule has 0 aliphatic rings. The van der Waals surface area contributed by atoms with Gasteiger partial charge < -0.3 is 9.30 Å². The summed E-state index contributed by atoms with van der Waals surface area (Å²) in [5.74, 6) is 0.377. The van der Waals surface area contributed by atoms with Crippen molar-refractivity contribution in [1.82, 2.24) is 9.55 Å². The fourth-order valence-corrected chi connectivity index (χ4v) is 1.52. The first-order valence-corrected chi connectivity index (χ1v) is 7.04. The van der Waals surface area contributed by atoms with Gasteiger partial charge in [0, 0.05) is 37.6 Å². The number of aromatic nitrogens is 2. The van der Waals surface area contributed by atoms with Crippen LogP contribution in [0.25, 0.3) is 5.70 Å². The van der Waals surface area contributed by atoms with Crippen LogP contribution in [0, 0.1) is 0 Å². The van der Waals surface area contributed by atoms with E-state index in [1.165, 1.54) is 6.92 Å². The van der Waals surface area contributed by atoms with Gasteiger partial charge in [0.1, 0.15) is 18.6 Å². The van der Waals surface area contributed by atoms with Gasteiger partial charge in [-0.1, -0.05) is 6.58 Å². The van der Waals surface area contributed by atoms with Crippen LogP contribution in [0.3, 0.4) is 0 Å². The molecule has 0 fully saturated rings. The van der Waals surface area contributed by atoms with Crippen LogP contribution in [-0.4, -0.2) is 41.6 Å². The average molecular weight is 314 g/mol. The lowest BCUT2D eigenvalue weighted by atomic mass is 10.2. The maximum absolute atomic E-state index is 11.2. The summed E-state index contributed by atoms with van der Waals surface area (Å²) in [6.07, 6.45) is 6.62. The minimum absolute atomic E-state index is 0.0897. The molecule has 0 saturated carbocycles. The quantitative estimate of drug-likeness (QED) is 0.336. The maximum Gasteiger partial charge on any atom is 0.208 e. The Morgan fingerprint density at radius 2 is 2.09 bits per heavy atom. The topological polar surface area (TPSA) is 68.8 Å². The van der Waals surface area contributed by atoms with Gasteiger partial charge in [-0.3, -0.25) is 14.8 Å². The lowest BCUT2D eigenvalue weighted by Crippen LogP contribution is -2.05. The average Bonchev–Trinajstić information content (AvgIpc) is 3.04. The molecule has 122 valence electrons. The largest absolute Gasteiger partial charge is 0.473 e. The summed E-state index contributed by atoms with van der Waals surface area (Å²) in [7, 11) is 1.64. The third-order valence-electron chi connectivity index (χ3n) is 3.20. The molecule has 0 saturated heterocycles. The van der Waals surface area contributed by atoms with Crippen molar-refractivity contribution in [3.05, 3.63) is 48.2 Å². The molecule has 0 radical (unpaired) electrons. The van der Waals surface area contributed by atoms with Gasteiger partial charge in [0.05, 0.1) is 0 Å². The molecule has 6 heteroatoms. The molecule has 0 aromatic carbocycles. The molecular formula is C17H22N4O2. The minimum atomic E-state index is -0.0897. The Balaban J connectivity index is 2.71. The van der Waals surface area contributed by atoms with Crippen molar-refractivity contribution < 1.29 is 9.53 Å². The number of Topliss-reactive ketones (excluding diaryl/α,β-unsaturated/α-hetero) is 1. The van der Waals surface area contributed by atoms with Crippen LogP contribution < -0.4 is 0 Å². The second-order valence-corrected chi connectivity index (χ2v) is 4.92. The Labute approximate surface area is 136 Å². The van der Waals surface area contributed by atoms with Crippen molar-refractivity contribution in [1.29, 1.82) is 0 Å². The van der Waals surface area contributed by atoms with E-state index in [0.717, 1.165) is 11.3 Å². The van der Waals surface area contributed by atoms with E-state index in [2.05, 4.69) is 28.3 Å². The number of hydrogen-bond donors (Lipinski definition) is 0. The lowest BCUT2D eigenvalue weighted by Gasteiger charge is -2.07. The van der Waals surface area contributed by atoms with Crippen LogP contribution in [0.4, 0.5) is 0 Å². The number of carbonyl (C=O) groups is 1. The number of ketones is 1. The predicted octanol–water partition coefficient (Wildman–Crippen LogP) is 3.15. The Morgan fingerprint density at radius 3 is 2.61 bits per heavy atom. The van der Waals surface area contributed by atoms with Crippen LogP contribution in [0.2, 0.25) is 0 Å². The molecule has 0 spiro atoms. The fourth-order valence-electron chi connectivity index (χ4n) is 1.52. The summed E-state index contributed by atoms with van der Waals surface area (Å²) in [5.41, 5.74) is 2.86. The molecule has 1 rings (SSSR count). The summed E-state index contributed by atoms with van der Waals surface area (Å²) in [5, 5.41) is 0. The summed E-state index contributed by atoms with van der Waals surface area (Å²) >= 11 is 0. The Bertz CT molecular complexity index is 693. The molecule has 0 unspecified atom stereocenters. The number of nitrogens with zero attached hydrogens (tertiary/aromatic N) is 4. The smallest absolute Gasteiger partial charge is 0.208 e. The van der Waals surface area contributed by atoms with Crippen LogP contribution >= 0.6 is 0 Å². The highest BCUT2D eigenvalue weighted by Crippen LogP contribution is 2.08. The monoisotopic (exact) mass is 314 g/mol. The van der Waals surface area contributed by atoms with Crippen molar-refractivity contribution >= 4 is 24.1 Å². The van der Waals surface area contributed by atoms with Gasteiger partial charge >= 0.3 is 0 Å². The molecule has 6 nitrogen and oxygen atoms in total. The van der Waals surface area contributed by atoms with Crippen molar-refractivity contribution in [2.75, 3.05) is 13.7 Å². The highest BCUT2D eigenvalue weighted by Gasteiger charge is 2.04. The van der Waals surface area contributed by atoms with Crippen LogP contribution in [0.15, 0.2) is 52.5 Å². The third kappa shape index (κ3) is 5.50. The van der Waals surface area contributed by atoms with E-state index < -0.39 is 0 Å². The molecule has 0 N–H and O–H groups in total. The Morgan fingerprint density at radius 1 is 1.39 bits per heavy atom. The van der Waals surface area contributed by atoms with Crippen LogP contribution in [0.5, 0.6) is 0 Å². The predicted molar refractivity (Wildman–Crippen MR) is 93.9 cm³/mol. The molecule has 23 heavy (non-hydrogen) atoms. The first-order valence-electron chi connectivity index (χ1n) is 7.04. The van der Waals surface area contributed by atoms with Gasteiger partial charge in [-0.2, -0.15) is 0 Å². The fraction of sp³-hybridized carbons (Fsp3) is 0.294. The van der Waals surface area contributed by atoms with E-state index in [4.69, 9.17) is 4.74 Å². The number of ether oxygens (including phenoxy) is 1. The van der Waals surface area contributed by atoms with Crippen LogP contribution in [0.1, 0.15) is 31.3 Å². The number of allylic oxidation sites excluding steroid dienone is 3. The third-order valence-corrected chi connectivity index (χ3v) is 3.20. The first kappa shape index (κ1) is 18.3. The minimum Gasteiger partial charge on any atom is -0.473 e. The standard InChI is InChI=1S/C17H22N4O2/c1-12(14(3)18-5)10-23-17(19-6)8-7-13(2)21-9-16(15(4)22)20-11-21/h7-9,11H,2,5,10H2,1,3-4,6H3/b8-7-,14-12+,19-17+. The number of imidazole rings is 1. The number of carbonyl (C=O) groups excluding carboxylic acids is 1. The summed E-state index contributed by atoms with van der Waals surface area (Å²) in [6.45, 7) is 13.1. The van der Waals surface area contributed by atoms with Crippen LogP contribution in [-0.2, 0) is 4.74 Å². The zero-order chi connectivity index (χ0) is 17.4. The zero-order valence-corrected chi connectivity index (χ0v) is 14.0. The molecule has 0 aliphatic carbocycles. The SMILES string of the molecule is C=N/C(C)=C(\C)COC(/C=C\C(=C)n1cnc(C(C)=O)c1)=N/C. The first-order chi connectivity index (χ1) is 10.9. The van der Waals surface area contributed by atoms with Crippen molar-refractivity contribution in [2.24, 2.45) is 9.98 Å². The zero-order valence-electron chi connectivity index (χ0n) is 14.0. The summed E-state index contributed by atoms with van der Waals surface area (Å²) in [6, 6.07) is 0. The lowest BCUT2D eigenvalue weighted by molar-refractivity contribution is 0.101. The molecule has 0 bridgehead atoms. The summed E-state index contributed by atoms with van der Waals surface area (Å²) < 4.78 is 7.27. The number of hydrogen-bond acceptors (Lipinski definition) is 5. The van der Waals surface area contributed by atoms with E-state index in [1.807, 2.05) is 13.8 Å². The molecule has 0 atom stereocenters. The van der Waals surface area contributed by atoms with Gasteiger partial charge in [-0.05, 0) is 32.2 Å². The maximum atomic E-state index is 11.2. The molecule has 0 aliphatic heterocycles. The molecule has 1 aromatic rings. The normalized spacial score (nSPS) is 13.0. The van der Waals surface area contributed by atoms with Gasteiger partial charge in [0.15, 0.2) is 5.78 Å². The van der Waals surface area contributed by atoms with Crippen molar-refractivity contribution in [3.63, 3.8) is 0 Å². The van der Waals surface area contributed by atoms with Gasteiger partial charge in [0.2, 0.25) is 5.90 Å². The highest BCUT2D eigenvalue weighted by atomic mass is 16.5. The van der Waals surface area contributed by atoms with Crippen molar-refractivity contribution in [2.45, 2.75) is 20.8 Å². The molecule has 1 heterocycles. The number of aliphatic imine (C=N–C) groups is 2. The van der Waals surface area contributed by atoms with Gasteiger partial charge in [-0.25, -0.2) is 4.98 Å². The Kier molecular flexibility index (Phi) is 6.86. The summed E-state index contributed by atoms with van der Waals surface area (Å²) in [4.78, 5) is 23.2. The molecular weight excluding hydrogens is 292 g/mol. The molecule has 1 aromatic heterocycles. The van der Waals surface area contributed by atoms with Crippen molar-refractivity contribution in [3.8, 4) is 0 Å². The van der Waals surface area contributed by atoms with E-state index in [-0.39, 0.29) is 5.78 Å². The van der Waals surface area contributed by atoms with E-state index in [0.29, 0.717) is 23.9 Å². The van der Waals surface area contributed by atoms with E-state index in [9.17, 15) is 4.79 Å². The van der Waals surface area contributed by atoms with E-state index >= 15 is 0 Å². The highest BCUT2D eigenvalue weighted by molar-refractivity contribution is 5.92. The van der Waals surface area contributed by atoms with Gasteiger partial charge in [-0.15, -0.1) is 0 Å². The van der Waals surface area contributed by atoms with Gasteiger partial charge in [0.25, 0.3) is 0 Å². The second-order valence-electron chi connectivity index (χ2n) is 4.92. The molecule has 0 amide bonds. The second kappa shape index (κ2) is 8.63.